The maximum atomic E-state index is 12.2. The number of aromatic nitrogens is 1. The molecule has 2 aromatic rings. The van der Waals surface area contributed by atoms with Crippen LogP contribution in [0.15, 0.2) is 42.6 Å². The van der Waals surface area contributed by atoms with Crippen LogP contribution in [0.25, 0.3) is 0 Å². The largest absolute Gasteiger partial charge is 0.362 e. The molecule has 0 unspecified atom stereocenters. The summed E-state index contributed by atoms with van der Waals surface area (Å²) < 4.78 is 0. The fourth-order valence-electron chi connectivity index (χ4n) is 3.28. The van der Waals surface area contributed by atoms with Gasteiger partial charge in [-0.25, -0.2) is 4.98 Å². The van der Waals surface area contributed by atoms with Crippen LogP contribution in [-0.4, -0.2) is 48.5 Å². The van der Waals surface area contributed by atoms with Gasteiger partial charge in [0.15, 0.2) is 0 Å². The number of nitrogens with zero attached hydrogens (tertiary/aromatic N) is 4. The molecule has 0 radical (unpaired) electrons. The third kappa shape index (κ3) is 4.57. The van der Waals surface area contributed by atoms with Gasteiger partial charge in [-0.15, -0.1) is 0 Å². The summed E-state index contributed by atoms with van der Waals surface area (Å²) in [7, 11) is 0. The quantitative estimate of drug-likeness (QED) is 0.449. The number of carbonyl (C=O) groups excluding carboxylic acids is 1. The molecule has 1 N–H and O–H groups in total. The van der Waals surface area contributed by atoms with Crippen molar-refractivity contribution in [1.82, 2.24) is 10.3 Å². The standard InChI is InChI=1S/C20H25N5O3/c1-2-3-9-22-20(26)16-7-8-17(18(15-16)25(27)28)23-11-13-24(14-12-23)19-6-4-5-10-21-19/h4-8,10,15H,2-3,9,11-14H2,1H3,(H,22,26). The van der Waals surface area contributed by atoms with E-state index in [1.165, 1.54) is 6.07 Å². The highest BCUT2D eigenvalue weighted by Gasteiger charge is 2.25. The van der Waals surface area contributed by atoms with Gasteiger partial charge in [0.05, 0.1) is 4.92 Å². The van der Waals surface area contributed by atoms with Crippen LogP contribution in [0.5, 0.6) is 0 Å². The summed E-state index contributed by atoms with van der Waals surface area (Å²) in [5.41, 5.74) is 0.837. The Kier molecular flexibility index (Phi) is 6.41. The van der Waals surface area contributed by atoms with E-state index in [-0.39, 0.29) is 11.6 Å². The lowest BCUT2D eigenvalue weighted by atomic mass is 10.1. The van der Waals surface area contributed by atoms with Crippen molar-refractivity contribution in [1.29, 1.82) is 0 Å². The lowest BCUT2D eigenvalue weighted by Crippen LogP contribution is -2.47. The van der Waals surface area contributed by atoms with Crippen molar-refractivity contribution in [3.63, 3.8) is 0 Å². The molecule has 0 atom stereocenters. The maximum absolute atomic E-state index is 12.2. The van der Waals surface area contributed by atoms with Crippen molar-refractivity contribution in [2.75, 3.05) is 42.5 Å². The number of hydrogen-bond acceptors (Lipinski definition) is 6. The number of nitrogens with one attached hydrogen (secondary N) is 1. The Morgan fingerprint density at radius 1 is 1.18 bits per heavy atom. The lowest BCUT2D eigenvalue weighted by Gasteiger charge is -2.36. The fourth-order valence-corrected chi connectivity index (χ4v) is 3.28. The summed E-state index contributed by atoms with van der Waals surface area (Å²) in [6, 6.07) is 10.5. The summed E-state index contributed by atoms with van der Waals surface area (Å²) in [5, 5.41) is 14.4. The number of anilines is 2. The number of carbonyl (C=O) groups is 1. The Labute approximate surface area is 164 Å². The first-order chi connectivity index (χ1) is 13.6. The maximum Gasteiger partial charge on any atom is 0.293 e. The van der Waals surface area contributed by atoms with E-state index < -0.39 is 4.92 Å². The van der Waals surface area contributed by atoms with Gasteiger partial charge in [0.1, 0.15) is 11.5 Å². The predicted molar refractivity (Wildman–Crippen MR) is 109 cm³/mol. The minimum absolute atomic E-state index is 0.0329. The van der Waals surface area contributed by atoms with E-state index in [1.807, 2.05) is 30.0 Å². The zero-order valence-corrected chi connectivity index (χ0v) is 16.0. The molecule has 1 aliphatic rings. The van der Waals surface area contributed by atoms with Gasteiger partial charge in [0.2, 0.25) is 0 Å². The Balaban J connectivity index is 1.71. The molecule has 1 fully saturated rings. The molecule has 28 heavy (non-hydrogen) atoms. The first kappa shape index (κ1) is 19.6. The molecule has 1 aromatic carbocycles. The van der Waals surface area contributed by atoms with Crippen LogP contribution in [0.1, 0.15) is 30.1 Å². The third-order valence-corrected chi connectivity index (χ3v) is 4.84. The Morgan fingerprint density at radius 3 is 2.57 bits per heavy atom. The van der Waals surface area contributed by atoms with Gasteiger partial charge in [-0.3, -0.25) is 14.9 Å². The molecule has 1 saturated heterocycles. The van der Waals surface area contributed by atoms with E-state index in [2.05, 4.69) is 15.2 Å². The number of piperazine rings is 1. The number of amides is 1. The summed E-state index contributed by atoms with van der Waals surface area (Å²) in [6.45, 7) is 5.37. The van der Waals surface area contributed by atoms with Gasteiger partial charge in [-0.1, -0.05) is 19.4 Å². The predicted octanol–water partition coefficient (Wildman–Crippen LogP) is 2.85. The number of rotatable bonds is 7. The Morgan fingerprint density at radius 2 is 1.93 bits per heavy atom. The Bertz CT molecular complexity index is 820. The highest BCUT2D eigenvalue weighted by molar-refractivity contribution is 5.95. The number of hydrogen-bond donors (Lipinski definition) is 1. The molecule has 3 rings (SSSR count). The topological polar surface area (TPSA) is 91.6 Å². The first-order valence-electron chi connectivity index (χ1n) is 9.57. The van der Waals surface area contributed by atoms with Crippen LogP contribution >= 0.6 is 0 Å². The second-order valence-corrected chi connectivity index (χ2v) is 6.73. The van der Waals surface area contributed by atoms with Crippen LogP contribution in [0, 0.1) is 10.1 Å². The van der Waals surface area contributed by atoms with E-state index in [0.717, 1.165) is 31.7 Å². The summed E-state index contributed by atoms with van der Waals surface area (Å²) in [4.78, 5) is 31.9. The highest BCUT2D eigenvalue weighted by Crippen LogP contribution is 2.30. The van der Waals surface area contributed by atoms with Gasteiger partial charge in [-0.2, -0.15) is 0 Å². The SMILES string of the molecule is CCCCNC(=O)c1ccc(N2CCN(c3ccccn3)CC2)c([N+](=O)[O-])c1. The van der Waals surface area contributed by atoms with Gasteiger partial charge < -0.3 is 15.1 Å². The number of nitro groups is 1. The fraction of sp³-hybridized carbons (Fsp3) is 0.400. The van der Waals surface area contributed by atoms with E-state index in [1.54, 1.807) is 18.3 Å². The molecule has 1 aliphatic heterocycles. The van der Waals surface area contributed by atoms with Crippen LogP contribution < -0.4 is 15.1 Å². The zero-order chi connectivity index (χ0) is 19.9. The van der Waals surface area contributed by atoms with Crippen LogP contribution in [0.2, 0.25) is 0 Å². The molecule has 1 amide bonds. The lowest BCUT2D eigenvalue weighted by molar-refractivity contribution is -0.384. The molecule has 148 valence electrons. The molecular weight excluding hydrogens is 358 g/mol. The van der Waals surface area contributed by atoms with E-state index >= 15 is 0 Å². The molecule has 0 saturated carbocycles. The molecule has 1 aromatic heterocycles. The van der Waals surface area contributed by atoms with Gasteiger partial charge >= 0.3 is 0 Å². The molecule has 0 spiro atoms. The minimum Gasteiger partial charge on any atom is -0.362 e. The molecule has 0 aliphatic carbocycles. The van der Waals surface area contributed by atoms with Crippen molar-refractivity contribution in [3.05, 3.63) is 58.3 Å². The number of pyridine rings is 1. The molecule has 2 heterocycles. The number of benzene rings is 1. The molecule has 0 bridgehead atoms. The van der Waals surface area contributed by atoms with Gasteiger partial charge in [-0.05, 0) is 30.7 Å². The van der Waals surface area contributed by atoms with Crippen molar-refractivity contribution < 1.29 is 9.72 Å². The number of nitro benzene ring substituents is 1. The van der Waals surface area contributed by atoms with Crippen LogP contribution in [0.4, 0.5) is 17.2 Å². The molecule has 8 heteroatoms. The van der Waals surface area contributed by atoms with Crippen molar-refractivity contribution >= 4 is 23.1 Å². The number of unbranched alkanes of at least 4 members (excludes halogenated alkanes) is 1. The minimum atomic E-state index is -0.413. The van der Waals surface area contributed by atoms with E-state index in [0.29, 0.717) is 30.9 Å². The first-order valence-corrected chi connectivity index (χ1v) is 9.57. The van der Waals surface area contributed by atoms with E-state index in [4.69, 9.17) is 0 Å². The van der Waals surface area contributed by atoms with E-state index in [9.17, 15) is 14.9 Å². The van der Waals surface area contributed by atoms with Crippen molar-refractivity contribution in [3.8, 4) is 0 Å². The summed E-state index contributed by atoms with van der Waals surface area (Å²) in [6.07, 6.45) is 3.62. The smallest absolute Gasteiger partial charge is 0.293 e. The third-order valence-electron chi connectivity index (χ3n) is 4.84. The Hall–Kier alpha value is -3.16. The summed E-state index contributed by atoms with van der Waals surface area (Å²) >= 11 is 0. The van der Waals surface area contributed by atoms with Gasteiger partial charge in [0.25, 0.3) is 11.6 Å². The zero-order valence-electron chi connectivity index (χ0n) is 16.0. The van der Waals surface area contributed by atoms with Crippen molar-refractivity contribution in [2.45, 2.75) is 19.8 Å². The summed E-state index contributed by atoms with van der Waals surface area (Å²) in [5.74, 6) is 0.638. The average Bonchev–Trinajstić information content (AvgIpc) is 2.74. The second-order valence-electron chi connectivity index (χ2n) is 6.73. The average molecular weight is 383 g/mol. The second kappa shape index (κ2) is 9.16. The molecular formula is C20H25N5O3. The van der Waals surface area contributed by atoms with Crippen LogP contribution in [-0.2, 0) is 0 Å². The highest BCUT2D eigenvalue weighted by atomic mass is 16.6. The van der Waals surface area contributed by atoms with Crippen molar-refractivity contribution in [2.24, 2.45) is 0 Å². The van der Waals surface area contributed by atoms with Gasteiger partial charge in [0, 0.05) is 50.6 Å². The van der Waals surface area contributed by atoms with Crippen LogP contribution in [0.3, 0.4) is 0 Å². The normalized spacial score (nSPS) is 14.0. The molecule has 8 nitrogen and oxygen atoms in total. The monoisotopic (exact) mass is 383 g/mol.